The third-order valence-corrected chi connectivity index (χ3v) is 2.60. The molecule has 0 spiro atoms. The first kappa shape index (κ1) is 11.6. The van der Waals surface area contributed by atoms with Gasteiger partial charge in [0.1, 0.15) is 0 Å². The van der Waals surface area contributed by atoms with E-state index < -0.39 is 5.92 Å². The molecule has 1 fully saturated rings. The van der Waals surface area contributed by atoms with Gasteiger partial charge in [-0.25, -0.2) is 8.78 Å². The van der Waals surface area contributed by atoms with E-state index in [4.69, 9.17) is 5.73 Å². The molecular formula is C11H19F2N. The molecule has 82 valence electrons. The van der Waals surface area contributed by atoms with Gasteiger partial charge in [-0.15, -0.1) is 0 Å². The molecule has 2 N–H and O–H groups in total. The lowest BCUT2D eigenvalue weighted by atomic mass is 10.0. The van der Waals surface area contributed by atoms with Crippen LogP contribution in [0.25, 0.3) is 0 Å². The van der Waals surface area contributed by atoms with Crippen molar-refractivity contribution < 1.29 is 8.78 Å². The van der Waals surface area contributed by atoms with Gasteiger partial charge in [-0.3, -0.25) is 0 Å². The number of halogens is 2. The van der Waals surface area contributed by atoms with Crippen LogP contribution in [0.3, 0.4) is 0 Å². The average Bonchev–Trinajstić information content (AvgIpc) is 2.25. The van der Waals surface area contributed by atoms with E-state index in [1.165, 1.54) is 0 Å². The Bertz CT molecular complexity index is 206. The molecule has 1 nitrogen and oxygen atoms in total. The van der Waals surface area contributed by atoms with E-state index in [1.807, 2.05) is 0 Å². The van der Waals surface area contributed by atoms with Gasteiger partial charge in [-0.1, -0.05) is 18.1 Å². The van der Waals surface area contributed by atoms with Crippen LogP contribution >= 0.6 is 0 Å². The number of allylic oxidation sites excluding steroid dienone is 1. The summed E-state index contributed by atoms with van der Waals surface area (Å²) in [5.41, 5.74) is 6.96. The summed E-state index contributed by atoms with van der Waals surface area (Å²) in [7, 11) is 0. The van der Waals surface area contributed by atoms with Gasteiger partial charge in [0.2, 0.25) is 5.92 Å². The predicted molar refractivity (Wildman–Crippen MR) is 54.4 cm³/mol. The molecule has 0 saturated heterocycles. The summed E-state index contributed by atoms with van der Waals surface area (Å²) in [5.74, 6) is -2.58. The first-order chi connectivity index (χ1) is 6.47. The highest BCUT2D eigenvalue weighted by molar-refractivity contribution is 5.06. The number of rotatable bonds is 2. The maximum absolute atomic E-state index is 12.6. The largest absolute Gasteiger partial charge is 0.327 e. The second-order valence-corrected chi connectivity index (χ2v) is 4.35. The zero-order valence-electron chi connectivity index (χ0n) is 8.73. The molecule has 0 aromatic heterocycles. The molecule has 1 aliphatic carbocycles. The van der Waals surface area contributed by atoms with Crippen molar-refractivity contribution in [1.29, 1.82) is 0 Å². The smallest absolute Gasteiger partial charge is 0.248 e. The topological polar surface area (TPSA) is 26.0 Å². The lowest BCUT2D eigenvalue weighted by Gasteiger charge is -2.11. The van der Waals surface area contributed by atoms with Crippen LogP contribution in [0.5, 0.6) is 0 Å². The Morgan fingerprint density at radius 1 is 1.50 bits per heavy atom. The van der Waals surface area contributed by atoms with Crippen LogP contribution in [0.1, 0.15) is 45.4 Å². The molecule has 0 bridgehead atoms. The fourth-order valence-corrected chi connectivity index (χ4v) is 1.81. The van der Waals surface area contributed by atoms with Crippen molar-refractivity contribution in [3.63, 3.8) is 0 Å². The molecule has 1 aliphatic rings. The molecule has 0 aromatic carbocycles. The van der Waals surface area contributed by atoms with Gasteiger partial charge in [-0.05, 0) is 32.6 Å². The van der Waals surface area contributed by atoms with Crippen molar-refractivity contribution in [2.45, 2.75) is 57.4 Å². The van der Waals surface area contributed by atoms with Crippen molar-refractivity contribution in [2.75, 3.05) is 0 Å². The highest BCUT2D eigenvalue weighted by atomic mass is 19.3. The van der Waals surface area contributed by atoms with Crippen molar-refractivity contribution in [3.05, 3.63) is 11.6 Å². The van der Waals surface area contributed by atoms with Crippen LogP contribution in [0.2, 0.25) is 0 Å². The van der Waals surface area contributed by atoms with Crippen molar-refractivity contribution in [3.8, 4) is 0 Å². The fraction of sp³-hybridized carbons (Fsp3) is 0.818. The second kappa shape index (κ2) is 4.87. The molecule has 3 heteroatoms. The average molecular weight is 203 g/mol. The van der Waals surface area contributed by atoms with E-state index in [0.717, 1.165) is 44.6 Å². The van der Waals surface area contributed by atoms with Gasteiger partial charge < -0.3 is 5.73 Å². The Balaban J connectivity index is 2.48. The minimum absolute atomic E-state index is 0.144. The normalized spacial score (nSPS) is 27.7. The SMILES string of the molecule is CC(F)(F)C/C=C1/CCCC[C@@H](N)C1. The van der Waals surface area contributed by atoms with Gasteiger partial charge in [-0.2, -0.15) is 0 Å². The number of nitrogens with two attached hydrogens (primary N) is 1. The second-order valence-electron chi connectivity index (χ2n) is 4.35. The molecule has 1 saturated carbocycles. The standard InChI is InChI=1S/C11H19F2N/c1-11(12,13)7-6-9-4-2-3-5-10(14)8-9/h6,10H,2-5,7-8,14H2,1H3/b9-6-/t10-/m1/s1. The monoisotopic (exact) mass is 203 g/mol. The van der Waals surface area contributed by atoms with Gasteiger partial charge in [0.05, 0.1) is 0 Å². The Labute approximate surface area is 84.4 Å². The summed E-state index contributed by atoms with van der Waals surface area (Å²) in [6, 6.07) is 0.175. The summed E-state index contributed by atoms with van der Waals surface area (Å²) >= 11 is 0. The molecule has 1 atom stereocenters. The minimum Gasteiger partial charge on any atom is -0.327 e. The number of hydrogen-bond acceptors (Lipinski definition) is 1. The van der Waals surface area contributed by atoms with Crippen molar-refractivity contribution in [1.82, 2.24) is 0 Å². The summed E-state index contributed by atoms with van der Waals surface area (Å²) in [6.45, 7) is 0.959. The Morgan fingerprint density at radius 2 is 2.21 bits per heavy atom. The molecular weight excluding hydrogens is 184 g/mol. The third-order valence-electron chi connectivity index (χ3n) is 2.60. The first-order valence-corrected chi connectivity index (χ1v) is 5.29. The molecule has 0 heterocycles. The molecule has 0 aromatic rings. The molecule has 0 unspecified atom stereocenters. The van der Waals surface area contributed by atoms with Crippen LogP contribution in [0, 0.1) is 0 Å². The number of alkyl halides is 2. The third kappa shape index (κ3) is 4.70. The molecule has 1 rings (SSSR count). The van der Waals surface area contributed by atoms with Crippen LogP contribution in [0.15, 0.2) is 11.6 Å². The van der Waals surface area contributed by atoms with Gasteiger partial charge >= 0.3 is 0 Å². The quantitative estimate of drug-likeness (QED) is 0.541. The highest BCUT2D eigenvalue weighted by Crippen LogP contribution is 2.25. The van der Waals surface area contributed by atoms with Crippen LogP contribution in [-0.4, -0.2) is 12.0 Å². The van der Waals surface area contributed by atoms with Gasteiger partial charge in [0, 0.05) is 12.5 Å². The van der Waals surface area contributed by atoms with E-state index >= 15 is 0 Å². The van der Waals surface area contributed by atoms with Crippen molar-refractivity contribution >= 4 is 0 Å². The fourth-order valence-electron chi connectivity index (χ4n) is 1.81. The lowest BCUT2D eigenvalue weighted by Crippen LogP contribution is -2.18. The highest BCUT2D eigenvalue weighted by Gasteiger charge is 2.20. The Hall–Kier alpha value is -0.440. The predicted octanol–water partition coefficient (Wildman–Crippen LogP) is 3.25. The summed E-state index contributed by atoms with van der Waals surface area (Å²) in [6.07, 6.45) is 6.54. The van der Waals surface area contributed by atoms with Crippen LogP contribution in [0.4, 0.5) is 8.78 Å². The van der Waals surface area contributed by atoms with Crippen LogP contribution in [-0.2, 0) is 0 Å². The Kier molecular flexibility index (Phi) is 4.05. The molecule has 0 radical (unpaired) electrons. The summed E-state index contributed by atoms with van der Waals surface area (Å²) < 4.78 is 25.2. The Morgan fingerprint density at radius 3 is 2.86 bits per heavy atom. The van der Waals surface area contributed by atoms with E-state index in [9.17, 15) is 8.78 Å². The zero-order chi connectivity index (χ0) is 10.6. The molecule has 0 amide bonds. The maximum Gasteiger partial charge on any atom is 0.248 e. The van der Waals surface area contributed by atoms with Gasteiger partial charge in [0.15, 0.2) is 0 Å². The zero-order valence-corrected chi connectivity index (χ0v) is 8.73. The molecule has 14 heavy (non-hydrogen) atoms. The summed E-state index contributed by atoms with van der Waals surface area (Å²) in [4.78, 5) is 0. The molecule has 0 aliphatic heterocycles. The van der Waals surface area contributed by atoms with E-state index in [1.54, 1.807) is 6.08 Å². The number of hydrogen-bond donors (Lipinski definition) is 1. The van der Waals surface area contributed by atoms with Crippen LogP contribution < -0.4 is 5.73 Å². The van der Waals surface area contributed by atoms with E-state index in [2.05, 4.69) is 0 Å². The first-order valence-electron chi connectivity index (χ1n) is 5.29. The van der Waals surface area contributed by atoms with E-state index in [-0.39, 0.29) is 12.5 Å². The minimum atomic E-state index is -2.58. The van der Waals surface area contributed by atoms with Gasteiger partial charge in [0.25, 0.3) is 0 Å². The lowest BCUT2D eigenvalue weighted by molar-refractivity contribution is 0.0252. The van der Waals surface area contributed by atoms with E-state index in [0.29, 0.717) is 0 Å². The summed E-state index contributed by atoms with van der Waals surface area (Å²) in [5, 5.41) is 0. The van der Waals surface area contributed by atoms with Crippen molar-refractivity contribution in [2.24, 2.45) is 5.73 Å². The maximum atomic E-state index is 12.6.